The van der Waals surface area contributed by atoms with Crippen LogP contribution in [0.15, 0.2) is 24.3 Å². The molecule has 0 aliphatic carbocycles. The van der Waals surface area contributed by atoms with Crippen molar-refractivity contribution in [2.45, 2.75) is 18.6 Å². The van der Waals surface area contributed by atoms with Gasteiger partial charge < -0.3 is 15.2 Å². The van der Waals surface area contributed by atoms with Gasteiger partial charge in [0, 0.05) is 11.8 Å². The molecule has 0 bridgehead atoms. The molecule has 1 aromatic rings. The van der Waals surface area contributed by atoms with Crippen LogP contribution in [-0.2, 0) is 19.4 Å². The first-order chi connectivity index (χ1) is 9.80. The van der Waals surface area contributed by atoms with Crippen LogP contribution >= 0.6 is 0 Å². The Morgan fingerprint density at radius 3 is 2.57 bits per heavy atom. The fourth-order valence-corrected chi connectivity index (χ4v) is 3.22. The third-order valence-corrected chi connectivity index (χ3v) is 4.83. The fraction of sp³-hybridized carbons (Fsp3) is 0.385. The summed E-state index contributed by atoms with van der Waals surface area (Å²) in [5.41, 5.74) is 0.373. The van der Waals surface area contributed by atoms with Crippen molar-refractivity contribution in [3.63, 3.8) is 0 Å². The normalized spacial score (nSPS) is 12.5. The summed E-state index contributed by atoms with van der Waals surface area (Å²) >= 11 is 0. The number of hydrogen-bond acceptors (Lipinski definition) is 5. The lowest BCUT2D eigenvalue weighted by atomic mass is 10.3. The summed E-state index contributed by atoms with van der Waals surface area (Å²) in [6.07, 6.45) is -0.0931. The van der Waals surface area contributed by atoms with Gasteiger partial charge in [-0.1, -0.05) is 13.0 Å². The molecule has 0 heterocycles. The van der Waals surface area contributed by atoms with Gasteiger partial charge in [-0.3, -0.25) is 9.59 Å². The van der Waals surface area contributed by atoms with Crippen molar-refractivity contribution >= 4 is 27.4 Å². The quantitative estimate of drug-likeness (QED) is 0.774. The van der Waals surface area contributed by atoms with E-state index in [2.05, 4.69) is 5.32 Å². The number of anilines is 1. The van der Waals surface area contributed by atoms with Gasteiger partial charge in [0.1, 0.15) is 11.5 Å². The number of carbonyl (C=O) groups excluding carboxylic acids is 1. The summed E-state index contributed by atoms with van der Waals surface area (Å²) in [4.78, 5) is 22.6. The molecule has 0 saturated carbocycles. The second kappa shape index (κ2) is 7.07. The lowest BCUT2D eigenvalue weighted by Crippen LogP contribution is -2.35. The third-order valence-electron chi connectivity index (χ3n) is 2.77. The first kappa shape index (κ1) is 17.0. The van der Waals surface area contributed by atoms with Gasteiger partial charge in [-0.05, 0) is 18.6 Å². The Hall–Kier alpha value is -2.09. The molecule has 0 aliphatic heterocycles. The van der Waals surface area contributed by atoms with Crippen molar-refractivity contribution in [1.29, 1.82) is 0 Å². The van der Waals surface area contributed by atoms with Crippen LogP contribution in [0.2, 0.25) is 0 Å². The number of ether oxygens (including phenoxy) is 1. The topological polar surface area (TPSA) is 110 Å². The zero-order valence-electron chi connectivity index (χ0n) is 11.7. The summed E-state index contributed by atoms with van der Waals surface area (Å²) in [5, 5.41) is 9.68. The average Bonchev–Trinajstić information content (AvgIpc) is 2.37. The van der Waals surface area contributed by atoms with Crippen LogP contribution in [0.25, 0.3) is 0 Å². The summed E-state index contributed by atoms with van der Waals surface area (Å²) < 4.78 is 28.7. The molecule has 0 fully saturated rings. The zero-order chi connectivity index (χ0) is 16.0. The van der Waals surface area contributed by atoms with Crippen LogP contribution in [0.1, 0.15) is 13.3 Å². The molecule has 116 valence electrons. The van der Waals surface area contributed by atoms with Crippen LogP contribution in [0, 0.1) is 0 Å². The van der Waals surface area contributed by atoms with Crippen molar-refractivity contribution in [1.82, 2.24) is 0 Å². The van der Waals surface area contributed by atoms with E-state index in [0.29, 0.717) is 11.4 Å². The number of carboxylic acids is 1. The van der Waals surface area contributed by atoms with Crippen LogP contribution in [0.4, 0.5) is 5.69 Å². The van der Waals surface area contributed by atoms with Crippen LogP contribution in [-0.4, -0.2) is 43.5 Å². The summed E-state index contributed by atoms with van der Waals surface area (Å²) in [5.74, 6) is -2.61. The number of carbonyl (C=O) groups is 2. The van der Waals surface area contributed by atoms with Crippen molar-refractivity contribution < 1.29 is 27.9 Å². The lowest BCUT2D eigenvalue weighted by molar-refractivity contribution is -0.136. The summed E-state index contributed by atoms with van der Waals surface area (Å²) in [7, 11) is -2.59. The minimum atomic E-state index is -4.05. The maximum atomic E-state index is 11.9. The number of methoxy groups -OCH3 is 1. The first-order valence-corrected chi connectivity index (χ1v) is 7.90. The summed E-state index contributed by atoms with van der Waals surface area (Å²) in [6.45, 7) is 1.44. The number of carboxylic acid groups (broad SMARTS) is 1. The molecule has 1 rings (SSSR count). The molecule has 0 aromatic heterocycles. The lowest BCUT2D eigenvalue weighted by Gasteiger charge is -2.11. The van der Waals surface area contributed by atoms with Gasteiger partial charge >= 0.3 is 5.97 Å². The second-order valence-corrected chi connectivity index (χ2v) is 6.51. The Balaban J connectivity index is 2.79. The van der Waals surface area contributed by atoms with E-state index in [-0.39, 0.29) is 6.42 Å². The molecule has 7 nitrogen and oxygen atoms in total. The molecule has 1 amide bonds. The molecule has 0 aliphatic rings. The minimum Gasteiger partial charge on any atom is -0.497 e. The van der Waals surface area contributed by atoms with E-state index in [1.54, 1.807) is 18.2 Å². The predicted molar refractivity (Wildman–Crippen MR) is 77.1 cm³/mol. The van der Waals surface area contributed by atoms with Crippen molar-refractivity contribution in [3.8, 4) is 5.75 Å². The molecular weight excluding hydrogens is 298 g/mol. The van der Waals surface area contributed by atoms with E-state index in [0.717, 1.165) is 0 Å². The highest BCUT2D eigenvalue weighted by molar-refractivity contribution is 7.93. The Bertz CT molecular complexity index is 625. The monoisotopic (exact) mass is 315 g/mol. The summed E-state index contributed by atoms with van der Waals surface area (Å²) in [6, 6.07) is 6.40. The fourth-order valence-electron chi connectivity index (χ4n) is 1.76. The number of sulfone groups is 1. The van der Waals surface area contributed by atoms with Crippen LogP contribution in [0.3, 0.4) is 0 Å². The highest BCUT2D eigenvalue weighted by Crippen LogP contribution is 2.17. The van der Waals surface area contributed by atoms with Crippen molar-refractivity contribution in [3.05, 3.63) is 24.3 Å². The van der Waals surface area contributed by atoms with Gasteiger partial charge in [0.2, 0.25) is 5.91 Å². The number of hydrogen-bond donors (Lipinski definition) is 2. The van der Waals surface area contributed by atoms with Gasteiger partial charge in [0.15, 0.2) is 15.1 Å². The number of amides is 1. The second-order valence-electron chi connectivity index (χ2n) is 4.32. The van der Waals surface area contributed by atoms with Gasteiger partial charge in [0.25, 0.3) is 0 Å². The molecule has 1 atom stereocenters. The molecule has 0 spiro atoms. The largest absolute Gasteiger partial charge is 0.497 e. The molecule has 21 heavy (non-hydrogen) atoms. The maximum absolute atomic E-state index is 11.9. The third kappa shape index (κ3) is 4.75. The molecule has 1 aromatic carbocycles. The van der Waals surface area contributed by atoms with E-state index >= 15 is 0 Å². The molecular formula is C13H17NO6S. The van der Waals surface area contributed by atoms with Gasteiger partial charge in [0.05, 0.1) is 7.11 Å². The van der Waals surface area contributed by atoms with Crippen molar-refractivity contribution in [2.24, 2.45) is 0 Å². The minimum absolute atomic E-state index is 0.0931. The van der Waals surface area contributed by atoms with E-state index in [1.165, 1.54) is 20.1 Å². The highest BCUT2D eigenvalue weighted by atomic mass is 32.2. The molecule has 0 radical (unpaired) electrons. The highest BCUT2D eigenvalue weighted by Gasteiger charge is 2.32. The number of aliphatic carboxylic acids is 1. The molecule has 2 N–H and O–H groups in total. The SMILES string of the molecule is CCC(C(=O)O)S(=O)(=O)CC(=O)Nc1cccc(OC)c1. The molecule has 1 unspecified atom stereocenters. The van der Waals surface area contributed by atoms with E-state index in [4.69, 9.17) is 9.84 Å². The first-order valence-electron chi connectivity index (χ1n) is 6.18. The number of rotatable bonds is 7. The zero-order valence-corrected chi connectivity index (χ0v) is 12.5. The van der Waals surface area contributed by atoms with Gasteiger partial charge in [-0.25, -0.2) is 8.42 Å². The predicted octanol–water partition coefficient (Wildman–Crippen LogP) is 0.912. The standard InChI is InChI=1S/C13H17NO6S/c1-3-11(13(16)17)21(18,19)8-12(15)14-9-5-4-6-10(7-9)20-2/h4-7,11H,3,8H2,1-2H3,(H,14,15)(H,16,17). The van der Waals surface area contributed by atoms with Crippen LogP contribution < -0.4 is 10.1 Å². The molecule has 0 saturated heterocycles. The Labute approximate surface area is 122 Å². The van der Waals surface area contributed by atoms with Crippen LogP contribution in [0.5, 0.6) is 5.75 Å². The van der Waals surface area contributed by atoms with Gasteiger partial charge in [-0.2, -0.15) is 0 Å². The number of nitrogens with one attached hydrogen (secondary N) is 1. The smallest absolute Gasteiger partial charge is 0.321 e. The van der Waals surface area contributed by atoms with E-state index in [9.17, 15) is 18.0 Å². The van der Waals surface area contributed by atoms with E-state index in [1.807, 2.05) is 0 Å². The maximum Gasteiger partial charge on any atom is 0.321 e. The van der Waals surface area contributed by atoms with Crippen molar-refractivity contribution in [2.75, 3.05) is 18.2 Å². The molecule has 8 heteroatoms. The van der Waals surface area contributed by atoms with E-state index < -0.39 is 32.7 Å². The number of benzene rings is 1. The Kier molecular flexibility index (Phi) is 5.71. The average molecular weight is 315 g/mol. The Morgan fingerprint density at radius 1 is 1.38 bits per heavy atom. The Morgan fingerprint density at radius 2 is 2.05 bits per heavy atom. The van der Waals surface area contributed by atoms with Gasteiger partial charge in [-0.15, -0.1) is 0 Å².